The summed E-state index contributed by atoms with van der Waals surface area (Å²) in [7, 11) is 0. The fourth-order valence-corrected chi connectivity index (χ4v) is 2.78. The van der Waals surface area contributed by atoms with Crippen molar-refractivity contribution in [1.82, 2.24) is 5.32 Å². The van der Waals surface area contributed by atoms with E-state index in [0.717, 1.165) is 30.6 Å². The zero-order valence-corrected chi connectivity index (χ0v) is 13.8. The molecule has 1 saturated carbocycles. The van der Waals surface area contributed by atoms with Crippen LogP contribution in [-0.2, 0) is 16.0 Å². The molecule has 1 fully saturated rings. The van der Waals surface area contributed by atoms with Gasteiger partial charge in [-0.05, 0) is 43.9 Å². The van der Waals surface area contributed by atoms with Crippen LogP contribution in [0.1, 0.15) is 38.7 Å². The minimum absolute atomic E-state index is 0.0262. The SMILES string of the molecule is CCOc1ccc(CC(CNC(=O)C2(C)CCC2)C(=O)O)cc1. The largest absolute Gasteiger partial charge is 0.494 e. The van der Waals surface area contributed by atoms with Gasteiger partial charge >= 0.3 is 5.97 Å². The lowest BCUT2D eigenvalue weighted by molar-refractivity contribution is -0.142. The number of carbonyl (C=O) groups is 2. The number of amides is 1. The third kappa shape index (κ3) is 4.47. The summed E-state index contributed by atoms with van der Waals surface area (Å²) in [5.74, 6) is -0.769. The molecule has 1 atom stereocenters. The lowest BCUT2D eigenvalue weighted by atomic mass is 9.70. The molecule has 0 radical (unpaired) electrons. The van der Waals surface area contributed by atoms with Crippen molar-refractivity contribution in [2.45, 2.75) is 39.5 Å². The molecule has 2 rings (SSSR count). The number of benzene rings is 1. The van der Waals surface area contributed by atoms with Crippen LogP contribution < -0.4 is 10.1 Å². The molecule has 0 saturated heterocycles. The van der Waals surface area contributed by atoms with E-state index in [-0.39, 0.29) is 17.9 Å². The summed E-state index contributed by atoms with van der Waals surface area (Å²) in [6, 6.07) is 7.42. The summed E-state index contributed by atoms with van der Waals surface area (Å²) < 4.78 is 5.38. The highest BCUT2D eigenvalue weighted by Gasteiger charge is 2.39. The van der Waals surface area contributed by atoms with Crippen molar-refractivity contribution in [2.75, 3.05) is 13.2 Å². The van der Waals surface area contributed by atoms with E-state index in [0.29, 0.717) is 13.0 Å². The fraction of sp³-hybridized carbons (Fsp3) is 0.556. The van der Waals surface area contributed by atoms with Gasteiger partial charge in [0.1, 0.15) is 5.75 Å². The van der Waals surface area contributed by atoms with Gasteiger partial charge in [-0.25, -0.2) is 0 Å². The zero-order chi connectivity index (χ0) is 16.9. The standard InChI is InChI=1S/C18H25NO4/c1-3-23-15-7-5-13(6-8-15)11-14(16(20)21)12-19-17(22)18(2)9-4-10-18/h5-8,14H,3-4,9-12H2,1-2H3,(H,19,22)(H,20,21). The van der Waals surface area contributed by atoms with E-state index >= 15 is 0 Å². The maximum atomic E-state index is 12.1. The Hall–Kier alpha value is -2.04. The van der Waals surface area contributed by atoms with E-state index in [4.69, 9.17) is 4.74 Å². The third-order valence-corrected chi connectivity index (χ3v) is 4.58. The van der Waals surface area contributed by atoms with E-state index in [1.165, 1.54) is 0 Å². The van der Waals surface area contributed by atoms with Gasteiger partial charge in [-0.1, -0.05) is 25.5 Å². The quantitative estimate of drug-likeness (QED) is 0.772. The second-order valence-electron chi connectivity index (χ2n) is 6.44. The van der Waals surface area contributed by atoms with Gasteiger partial charge < -0.3 is 15.2 Å². The molecule has 5 heteroatoms. The topological polar surface area (TPSA) is 75.6 Å². The van der Waals surface area contributed by atoms with Crippen LogP contribution in [0.15, 0.2) is 24.3 Å². The number of carbonyl (C=O) groups excluding carboxylic acids is 1. The first-order valence-corrected chi connectivity index (χ1v) is 8.17. The molecule has 126 valence electrons. The van der Waals surface area contributed by atoms with Gasteiger partial charge in [0, 0.05) is 12.0 Å². The number of nitrogens with one attached hydrogen (secondary N) is 1. The van der Waals surface area contributed by atoms with Crippen LogP contribution in [0.3, 0.4) is 0 Å². The molecule has 1 aliphatic rings. The number of aliphatic carboxylic acids is 1. The molecular formula is C18H25NO4. The summed E-state index contributed by atoms with van der Waals surface area (Å²) in [6.45, 7) is 4.62. The average Bonchev–Trinajstić information content (AvgIpc) is 2.50. The van der Waals surface area contributed by atoms with Gasteiger partial charge in [-0.15, -0.1) is 0 Å². The molecule has 1 amide bonds. The highest BCUT2D eigenvalue weighted by atomic mass is 16.5. The highest BCUT2D eigenvalue weighted by molar-refractivity contribution is 5.83. The predicted molar refractivity (Wildman–Crippen MR) is 87.4 cm³/mol. The summed E-state index contributed by atoms with van der Waals surface area (Å²) >= 11 is 0. The predicted octanol–water partition coefficient (Wildman–Crippen LogP) is 2.63. The molecular weight excluding hydrogens is 294 g/mol. The minimum atomic E-state index is -0.891. The maximum absolute atomic E-state index is 12.1. The van der Waals surface area contributed by atoms with Crippen molar-refractivity contribution in [3.8, 4) is 5.75 Å². The lowest BCUT2D eigenvalue weighted by Gasteiger charge is -2.36. The second kappa shape index (κ2) is 7.49. The monoisotopic (exact) mass is 319 g/mol. The normalized spacial score (nSPS) is 17.0. The minimum Gasteiger partial charge on any atom is -0.494 e. The second-order valence-corrected chi connectivity index (χ2v) is 6.44. The number of rotatable bonds is 8. The van der Waals surface area contributed by atoms with Crippen LogP contribution in [0.4, 0.5) is 0 Å². The van der Waals surface area contributed by atoms with Crippen molar-refractivity contribution >= 4 is 11.9 Å². The van der Waals surface area contributed by atoms with E-state index in [1.54, 1.807) is 0 Å². The van der Waals surface area contributed by atoms with Gasteiger partial charge in [0.25, 0.3) is 0 Å². The number of carboxylic acid groups (broad SMARTS) is 1. The van der Waals surface area contributed by atoms with Crippen LogP contribution in [0.2, 0.25) is 0 Å². The summed E-state index contributed by atoms with van der Waals surface area (Å²) in [5.41, 5.74) is 0.618. The number of carboxylic acids is 1. The molecule has 1 aliphatic carbocycles. The third-order valence-electron chi connectivity index (χ3n) is 4.58. The molecule has 0 aromatic heterocycles. The Labute approximate surface area is 137 Å². The van der Waals surface area contributed by atoms with Crippen LogP contribution in [-0.4, -0.2) is 30.1 Å². The van der Waals surface area contributed by atoms with Crippen molar-refractivity contribution in [3.05, 3.63) is 29.8 Å². The molecule has 0 heterocycles. The number of hydrogen-bond acceptors (Lipinski definition) is 3. The maximum Gasteiger partial charge on any atom is 0.308 e. The summed E-state index contributed by atoms with van der Waals surface area (Å²) in [4.78, 5) is 23.6. The lowest BCUT2D eigenvalue weighted by Crippen LogP contribution is -2.46. The van der Waals surface area contributed by atoms with Crippen molar-refractivity contribution in [3.63, 3.8) is 0 Å². The Morgan fingerprint density at radius 2 is 1.96 bits per heavy atom. The van der Waals surface area contributed by atoms with Crippen LogP contribution in [0.25, 0.3) is 0 Å². The Balaban J connectivity index is 1.90. The summed E-state index contributed by atoms with van der Waals surface area (Å²) in [6.07, 6.45) is 3.22. The van der Waals surface area contributed by atoms with Gasteiger partial charge in [-0.2, -0.15) is 0 Å². The first-order valence-electron chi connectivity index (χ1n) is 8.17. The van der Waals surface area contributed by atoms with Gasteiger partial charge in [0.2, 0.25) is 5.91 Å². The van der Waals surface area contributed by atoms with E-state index in [9.17, 15) is 14.7 Å². The number of hydrogen-bond donors (Lipinski definition) is 2. The van der Waals surface area contributed by atoms with Crippen LogP contribution in [0, 0.1) is 11.3 Å². The van der Waals surface area contributed by atoms with Crippen molar-refractivity contribution in [2.24, 2.45) is 11.3 Å². The van der Waals surface area contributed by atoms with Crippen molar-refractivity contribution < 1.29 is 19.4 Å². The van der Waals surface area contributed by atoms with Crippen molar-refractivity contribution in [1.29, 1.82) is 0 Å². The molecule has 1 aromatic rings. The van der Waals surface area contributed by atoms with Gasteiger partial charge in [0.15, 0.2) is 0 Å². The van der Waals surface area contributed by atoms with Crippen LogP contribution in [0.5, 0.6) is 5.75 Å². The average molecular weight is 319 g/mol. The Kier molecular flexibility index (Phi) is 5.64. The summed E-state index contributed by atoms with van der Waals surface area (Å²) in [5, 5.41) is 12.2. The molecule has 1 unspecified atom stereocenters. The van der Waals surface area contributed by atoms with Crippen LogP contribution >= 0.6 is 0 Å². The highest BCUT2D eigenvalue weighted by Crippen LogP contribution is 2.40. The Bertz CT molecular complexity index is 549. The smallest absolute Gasteiger partial charge is 0.308 e. The van der Waals surface area contributed by atoms with E-state index < -0.39 is 11.9 Å². The Morgan fingerprint density at radius 1 is 1.30 bits per heavy atom. The van der Waals surface area contributed by atoms with Gasteiger partial charge in [0.05, 0.1) is 12.5 Å². The van der Waals surface area contributed by atoms with Gasteiger partial charge in [-0.3, -0.25) is 9.59 Å². The molecule has 2 N–H and O–H groups in total. The molecule has 0 aliphatic heterocycles. The van der Waals surface area contributed by atoms with E-state index in [2.05, 4.69) is 5.32 Å². The molecule has 5 nitrogen and oxygen atoms in total. The Morgan fingerprint density at radius 3 is 2.43 bits per heavy atom. The number of ether oxygens (including phenoxy) is 1. The molecule has 23 heavy (non-hydrogen) atoms. The first-order chi connectivity index (χ1) is 10.9. The fourth-order valence-electron chi connectivity index (χ4n) is 2.78. The molecule has 0 spiro atoms. The molecule has 0 bridgehead atoms. The van der Waals surface area contributed by atoms with E-state index in [1.807, 2.05) is 38.1 Å². The molecule has 1 aromatic carbocycles. The first kappa shape index (κ1) is 17.3. The zero-order valence-electron chi connectivity index (χ0n) is 13.8.